The Kier molecular flexibility index (Phi) is 2.73. The fourth-order valence-corrected chi connectivity index (χ4v) is 3.93. The lowest BCUT2D eigenvalue weighted by molar-refractivity contribution is -0.145. The third-order valence-electron chi connectivity index (χ3n) is 4.57. The van der Waals surface area contributed by atoms with Crippen LogP contribution in [0.3, 0.4) is 0 Å². The number of imide groups is 1. The second kappa shape index (κ2) is 4.19. The molecule has 1 aliphatic carbocycles. The zero-order valence-corrected chi connectivity index (χ0v) is 11.4. The molecular formula is C16H19NO2. The molecule has 1 N–H and O–H groups in total. The van der Waals surface area contributed by atoms with Crippen molar-refractivity contribution in [3.05, 3.63) is 35.4 Å². The van der Waals surface area contributed by atoms with Crippen LogP contribution in [0.4, 0.5) is 0 Å². The van der Waals surface area contributed by atoms with E-state index < -0.39 is 0 Å². The van der Waals surface area contributed by atoms with Crippen molar-refractivity contribution in [3.8, 4) is 0 Å². The largest absolute Gasteiger partial charge is 0.296 e. The molecule has 3 heteroatoms. The summed E-state index contributed by atoms with van der Waals surface area (Å²) in [6.07, 6.45) is 2.44. The monoisotopic (exact) mass is 257 g/mol. The highest BCUT2D eigenvalue weighted by Crippen LogP contribution is 2.58. The van der Waals surface area contributed by atoms with Gasteiger partial charge in [-0.25, -0.2) is 0 Å². The lowest BCUT2D eigenvalue weighted by Gasteiger charge is -2.52. The van der Waals surface area contributed by atoms with E-state index in [1.54, 1.807) is 0 Å². The molecule has 1 aromatic rings. The summed E-state index contributed by atoms with van der Waals surface area (Å²) < 4.78 is 0. The molecule has 100 valence electrons. The normalized spacial score (nSPS) is 34.0. The maximum absolute atomic E-state index is 12.3. The van der Waals surface area contributed by atoms with Gasteiger partial charge in [0.2, 0.25) is 11.8 Å². The Morgan fingerprint density at radius 3 is 2.37 bits per heavy atom. The standard InChI is InChI=1S/C16H19NO2/c1-10-3-5-12(6-4-10)14-15(19)17-13(18)9-16(14)7-11(2)8-16/h3-6,11,14H,7-9H2,1-2H3,(H,17,18,19). The van der Waals surface area contributed by atoms with E-state index in [-0.39, 0.29) is 23.1 Å². The van der Waals surface area contributed by atoms with E-state index >= 15 is 0 Å². The lowest BCUT2D eigenvalue weighted by atomic mass is 9.52. The summed E-state index contributed by atoms with van der Waals surface area (Å²) in [5.41, 5.74) is 2.10. The predicted octanol–water partition coefficient (Wildman–Crippen LogP) is 2.54. The topological polar surface area (TPSA) is 46.2 Å². The van der Waals surface area contributed by atoms with Gasteiger partial charge in [0.15, 0.2) is 0 Å². The molecule has 3 rings (SSSR count). The molecule has 1 heterocycles. The molecular weight excluding hydrogens is 238 g/mol. The minimum absolute atomic E-state index is 0.111. The number of hydrogen-bond donors (Lipinski definition) is 1. The average molecular weight is 257 g/mol. The predicted molar refractivity (Wildman–Crippen MR) is 72.5 cm³/mol. The summed E-state index contributed by atoms with van der Waals surface area (Å²) in [7, 11) is 0. The zero-order chi connectivity index (χ0) is 13.6. The molecule has 0 bridgehead atoms. The van der Waals surface area contributed by atoms with E-state index in [2.05, 4.69) is 12.2 Å². The highest BCUT2D eigenvalue weighted by atomic mass is 16.2. The molecule has 1 aromatic carbocycles. The Hall–Kier alpha value is -1.64. The molecule has 1 unspecified atom stereocenters. The van der Waals surface area contributed by atoms with Crippen molar-refractivity contribution < 1.29 is 9.59 Å². The lowest BCUT2D eigenvalue weighted by Crippen LogP contribution is -2.55. The van der Waals surface area contributed by atoms with Crippen molar-refractivity contribution in [1.82, 2.24) is 5.32 Å². The molecule has 1 atom stereocenters. The van der Waals surface area contributed by atoms with E-state index in [9.17, 15) is 9.59 Å². The molecule has 1 spiro atoms. The van der Waals surface area contributed by atoms with Crippen LogP contribution in [-0.4, -0.2) is 11.8 Å². The van der Waals surface area contributed by atoms with Crippen LogP contribution >= 0.6 is 0 Å². The van der Waals surface area contributed by atoms with Crippen LogP contribution in [0.5, 0.6) is 0 Å². The molecule has 1 saturated carbocycles. The number of nitrogens with one attached hydrogen (secondary N) is 1. The quantitative estimate of drug-likeness (QED) is 0.786. The van der Waals surface area contributed by atoms with Crippen LogP contribution in [0.25, 0.3) is 0 Å². The smallest absolute Gasteiger partial charge is 0.234 e. The van der Waals surface area contributed by atoms with Gasteiger partial charge in [0.05, 0.1) is 5.92 Å². The van der Waals surface area contributed by atoms with Gasteiger partial charge in [-0.1, -0.05) is 36.8 Å². The Bertz CT molecular complexity index is 526. The van der Waals surface area contributed by atoms with Crippen molar-refractivity contribution >= 4 is 11.8 Å². The maximum Gasteiger partial charge on any atom is 0.234 e. The van der Waals surface area contributed by atoms with E-state index in [0.29, 0.717) is 12.3 Å². The van der Waals surface area contributed by atoms with Crippen LogP contribution in [0.1, 0.15) is 43.2 Å². The first-order valence-corrected chi connectivity index (χ1v) is 6.90. The van der Waals surface area contributed by atoms with Gasteiger partial charge in [-0.05, 0) is 36.7 Å². The highest BCUT2D eigenvalue weighted by molar-refractivity contribution is 6.02. The number of carbonyl (C=O) groups is 2. The molecule has 0 aromatic heterocycles. The summed E-state index contributed by atoms with van der Waals surface area (Å²) in [4.78, 5) is 24.0. The number of amides is 2. The van der Waals surface area contributed by atoms with E-state index in [4.69, 9.17) is 0 Å². The van der Waals surface area contributed by atoms with Gasteiger partial charge in [0, 0.05) is 6.42 Å². The van der Waals surface area contributed by atoms with Crippen LogP contribution in [0.2, 0.25) is 0 Å². The van der Waals surface area contributed by atoms with Gasteiger partial charge < -0.3 is 0 Å². The maximum atomic E-state index is 12.3. The van der Waals surface area contributed by atoms with Crippen molar-refractivity contribution in [1.29, 1.82) is 0 Å². The van der Waals surface area contributed by atoms with E-state index in [1.807, 2.05) is 31.2 Å². The second-order valence-corrected chi connectivity index (χ2v) is 6.31. The van der Waals surface area contributed by atoms with E-state index in [1.165, 1.54) is 5.56 Å². The molecule has 1 aliphatic heterocycles. The average Bonchev–Trinajstić information content (AvgIpc) is 2.28. The summed E-state index contributed by atoms with van der Waals surface area (Å²) in [6.45, 7) is 4.23. The first kappa shape index (κ1) is 12.4. The number of carbonyl (C=O) groups excluding carboxylic acids is 2. The van der Waals surface area contributed by atoms with Gasteiger partial charge in [-0.3, -0.25) is 14.9 Å². The Morgan fingerprint density at radius 2 is 1.79 bits per heavy atom. The Balaban J connectivity index is 1.98. The van der Waals surface area contributed by atoms with Crippen molar-refractivity contribution in [2.24, 2.45) is 11.3 Å². The van der Waals surface area contributed by atoms with E-state index in [0.717, 1.165) is 18.4 Å². The third-order valence-corrected chi connectivity index (χ3v) is 4.57. The number of benzene rings is 1. The number of piperidine rings is 1. The molecule has 3 nitrogen and oxygen atoms in total. The van der Waals surface area contributed by atoms with Crippen LogP contribution in [-0.2, 0) is 9.59 Å². The van der Waals surface area contributed by atoms with Gasteiger partial charge in [0.1, 0.15) is 0 Å². The van der Waals surface area contributed by atoms with Crippen molar-refractivity contribution in [3.63, 3.8) is 0 Å². The number of hydrogen-bond acceptors (Lipinski definition) is 2. The SMILES string of the molecule is Cc1ccc(C2C(=O)NC(=O)CC23CC(C)C3)cc1. The third kappa shape index (κ3) is 1.97. The van der Waals surface area contributed by atoms with Crippen molar-refractivity contribution in [2.45, 2.75) is 39.0 Å². The van der Waals surface area contributed by atoms with Gasteiger partial charge >= 0.3 is 0 Å². The molecule has 2 fully saturated rings. The number of rotatable bonds is 1. The Morgan fingerprint density at radius 1 is 1.16 bits per heavy atom. The fourth-order valence-electron chi connectivity index (χ4n) is 3.93. The van der Waals surface area contributed by atoms with Crippen LogP contribution < -0.4 is 5.32 Å². The molecule has 1 saturated heterocycles. The number of aryl methyl sites for hydroxylation is 1. The Labute approximate surface area is 113 Å². The van der Waals surface area contributed by atoms with Gasteiger partial charge in [0.25, 0.3) is 0 Å². The molecule has 0 radical (unpaired) electrons. The minimum atomic E-state index is -0.165. The molecule has 2 aliphatic rings. The summed E-state index contributed by atoms with van der Waals surface area (Å²) in [5.74, 6) is 0.223. The minimum Gasteiger partial charge on any atom is -0.296 e. The first-order chi connectivity index (χ1) is 9.00. The molecule has 19 heavy (non-hydrogen) atoms. The zero-order valence-electron chi connectivity index (χ0n) is 11.4. The van der Waals surface area contributed by atoms with Crippen molar-refractivity contribution in [2.75, 3.05) is 0 Å². The summed E-state index contributed by atoms with van der Waals surface area (Å²) in [5, 5.41) is 2.50. The first-order valence-electron chi connectivity index (χ1n) is 6.90. The summed E-state index contributed by atoms with van der Waals surface area (Å²) in [6, 6.07) is 8.13. The van der Waals surface area contributed by atoms with Crippen LogP contribution in [0.15, 0.2) is 24.3 Å². The van der Waals surface area contributed by atoms with Gasteiger partial charge in [-0.2, -0.15) is 0 Å². The van der Waals surface area contributed by atoms with Crippen LogP contribution in [0, 0.1) is 18.3 Å². The molecule has 2 amide bonds. The second-order valence-electron chi connectivity index (χ2n) is 6.31. The fraction of sp³-hybridized carbons (Fsp3) is 0.500. The highest BCUT2D eigenvalue weighted by Gasteiger charge is 2.55. The van der Waals surface area contributed by atoms with Gasteiger partial charge in [-0.15, -0.1) is 0 Å². The summed E-state index contributed by atoms with van der Waals surface area (Å²) >= 11 is 0.